The van der Waals surface area contributed by atoms with Gasteiger partial charge in [0.05, 0.1) is 11.0 Å². The average Bonchev–Trinajstić information content (AvgIpc) is 3.41. The minimum absolute atomic E-state index is 0.174. The third kappa shape index (κ3) is 3.26. The summed E-state index contributed by atoms with van der Waals surface area (Å²) in [5.41, 5.74) is 3.39. The highest BCUT2D eigenvalue weighted by atomic mass is 79.9. The molecule has 1 saturated heterocycles. The van der Waals surface area contributed by atoms with Crippen LogP contribution < -0.4 is 0 Å². The van der Waals surface area contributed by atoms with Gasteiger partial charge in [0.2, 0.25) is 5.91 Å². The molecule has 1 aliphatic carbocycles. The molecule has 28 heavy (non-hydrogen) atoms. The average molecular weight is 438 g/mol. The number of halogens is 1. The molecule has 2 fully saturated rings. The van der Waals surface area contributed by atoms with Crippen LogP contribution in [-0.2, 0) is 11.3 Å². The Hall–Kier alpha value is -2.14. The number of nitrogens with zero attached hydrogens (tertiary/aromatic N) is 3. The van der Waals surface area contributed by atoms with Gasteiger partial charge in [0.25, 0.3) is 0 Å². The summed E-state index contributed by atoms with van der Waals surface area (Å²) in [5, 5.41) is 0. The summed E-state index contributed by atoms with van der Waals surface area (Å²) in [5.74, 6) is 1.53. The second kappa shape index (κ2) is 7.36. The maximum atomic E-state index is 12.8. The van der Waals surface area contributed by atoms with Crippen molar-refractivity contribution >= 4 is 32.9 Å². The topological polar surface area (TPSA) is 38.1 Å². The van der Waals surface area contributed by atoms with Crippen molar-refractivity contribution in [1.29, 1.82) is 0 Å². The molecule has 4 nitrogen and oxygen atoms in total. The molecule has 2 aromatic carbocycles. The van der Waals surface area contributed by atoms with Crippen LogP contribution in [0, 0.1) is 0 Å². The number of hydrogen-bond donors (Lipinski definition) is 0. The Kier molecular flexibility index (Phi) is 4.71. The minimum Gasteiger partial charge on any atom is -0.339 e. The first-order chi connectivity index (χ1) is 13.7. The van der Waals surface area contributed by atoms with Crippen LogP contribution in [0.4, 0.5) is 0 Å². The van der Waals surface area contributed by atoms with Gasteiger partial charge in [-0.05, 0) is 42.7 Å². The number of amides is 1. The first kappa shape index (κ1) is 17.9. The van der Waals surface area contributed by atoms with Gasteiger partial charge in [0, 0.05) is 35.9 Å². The molecule has 5 heteroatoms. The number of hydrogen-bond acceptors (Lipinski definition) is 2. The Morgan fingerprint density at radius 1 is 1.07 bits per heavy atom. The highest BCUT2D eigenvalue weighted by Gasteiger charge is 2.38. The van der Waals surface area contributed by atoms with Crippen molar-refractivity contribution in [2.45, 2.75) is 50.6 Å². The number of benzene rings is 2. The van der Waals surface area contributed by atoms with Crippen LogP contribution >= 0.6 is 15.9 Å². The lowest BCUT2D eigenvalue weighted by Gasteiger charge is -2.24. The summed E-state index contributed by atoms with van der Waals surface area (Å²) in [6.07, 6.45) is 5.40. The molecule has 144 valence electrons. The first-order valence-corrected chi connectivity index (χ1v) is 11.0. The van der Waals surface area contributed by atoms with Gasteiger partial charge in [-0.2, -0.15) is 0 Å². The van der Waals surface area contributed by atoms with Crippen molar-refractivity contribution in [3.8, 4) is 0 Å². The van der Waals surface area contributed by atoms with Crippen LogP contribution in [0.15, 0.2) is 53.0 Å². The molecule has 1 amide bonds. The largest absolute Gasteiger partial charge is 0.339 e. The summed E-state index contributed by atoms with van der Waals surface area (Å²) in [4.78, 5) is 19.9. The van der Waals surface area contributed by atoms with Gasteiger partial charge in [-0.15, -0.1) is 0 Å². The predicted molar refractivity (Wildman–Crippen MR) is 114 cm³/mol. The second-order valence-electron chi connectivity index (χ2n) is 8.06. The third-order valence-corrected chi connectivity index (χ3v) is 6.70. The SMILES string of the molecule is O=C1CC(c2nc3ccccc3n2Cc2cccc(Br)c2)CN1C1CCCC1. The highest BCUT2D eigenvalue weighted by Crippen LogP contribution is 2.35. The summed E-state index contributed by atoms with van der Waals surface area (Å²) in [6.45, 7) is 1.58. The third-order valence-electron chi connectivity index (χ3n) is 6.20. The lowest BCUT2D eigenvalue weighted by Crippen LogP contribution is -2.34. The molecule has 1 saturated carbocycles. The van der Waals surface area contributed by atoms with Gasteiger partial charge in [-0.25, -0.2) is 4.98 Å². The van der Waals surface area contributed by atoms with Gasteiger partial charge in [0.1, 0.15) is 5.82 Å². The number of para-hydroxylation sites is 2. The molecule has 1 atom stereocenters. The summed E-state index contributed by atoms with van der Waals surface area (Å²) < 4.78 is 3.40. The standard InChI is InChI=1S/C23H24BrN3O/c24-18-7-5-6-16(12-18)14-27-21-11-4-3-10-20(21)25-23(27)17-13-22(28)26(15-17)19-8-1-2-9-19/h3-7,10-12,17,19H,1-2,8-9,13-15H2. The second-order valence-corrected chi connectivity index (χ2v) is 8.98. The van der Waals surface area contributed by atoms with Crippen LogP contribution in [-0.4, -0.2) is 32.9 Å². The van der Waals surface area contributed by atoms with Crippen LogP contribution in [0.3, 0.4) is 0 Å². The Morgan fingerprint density at radius 2 is 1.89 bits per heavy atom. The van der Waals surface area contributed by atoms with E-state index < -0.39 is 0 Å². The van der Waals surface area contributed by atoms with E-state index in [-0.39, 0.29) is 5.92 Å². The highest BCUT2D eigenvalue weighted by molar-refractivity contribution is 9.10. The van der Waals surface area contributed by atoms with E-state index in [0.717, 1.165) is 47.3 Å². The zero-order valence-corrected chi connectivity index (χ0v) is 17.4. The van der Waals surface area contributed by atoms with Crippen molar-refractivity contribution in [3.63, 3.8) is 0 Å². The molecule has 2 aliphatic rings. The number of rotatable bonds is 4. The van der Waals surface area contributed by atoms with E-state index >= 15 is 0 Å². The summed E-state index contributed by atoms with van der Waals surface area (Å²) >= 11 is 3.58. The van der Waals surface area contributed by atoms with Crippen molar-refractivity contribution in [2.75, 3.05) is 6.54 Å². The minimum atomic E-state index is 0.174. The molecule has 0 spiro atoms. The van der Waals surface area contributed by atoms with Crippen LogP contribution in [0.2, 0.25) is 0 Å². The molecular formula is C23H24BrN3O. The van der Waals surface area contributed by atoms with Gasteiger partial charge >= 0.3 is 0 Å². The fourth-order valence-electron chi connectivity index (χ4n) is 4.86. The molecule has 2 heterocycles. The maximum Gasteiger partial charge on any atom is 0.223 e. The lowest BCUT2D eigenvalue weighted by atomic mass is 10.1. The van der Waals surface area contributed by atoms with E-state index in [2.05, 4.69) is 61.8 Å². The summed E-state index contributed by atoms with van der Waals surface area (Å²) in [6, 6.07) is 17.2. The van der Waals surface area contributed by atoms with E-state index in [1.807, 2.05) is 12.1 Å². The molecule has 1 aliphatic heterocycles. The smallest absolute Gasteiger partial charge is 0.223 e. The molecule has 0 bridgehead atoms. The van der Waals surface area contributed by atoms with Gasteiger partial charge in [-0.1, -0.05) is 53.0 Å². The number of fused-ring (bicyclic) bond motifs is 1. The molecule has 0 N–H and O–H groups in total. The molecule has 3 aromatic rings. The van der Waals surface area contributed by atoms with Crippen molar-refractivity contribution < 1.29 is 4.79 Å². The molecule has 1 aromatic heterocycles. The first-order valence-electron chi connectivity index (χ1n) is 10.2. The van der Waals surface area contributed by atoms with E-state index in [9.17, 15) is 4.79 Å². The maximum absolute atomic E-state index is 12.8. The van der Waals surface area contributed by atoms with E-state index in [1.54, 1.807) is 0 Å². The van der Waals surface area contributed by atoms with Gasteiger partial charge in [0.15, 0.2) is 0 Å². The number of carbonyl (C=O) groups excluding carboxylic acids is 1. The molecular weight excluding hydrogens is 414 g/mol. The fraction of sp³-hybridized carbons (Fsp3) is 0.391. The Bertz CT molecular complexity index is 1020. The fourth-order valence-corrected chi connectivity index (χ4v) is 5.31. The normalized spacial score (nSPS) is 20.5. The van der Waals surface area contributed by atoms with E-state index in [1.165, 1.54) is 18.4 Å². The number of carbonyl (C=O) groups is 1. The van der Waals surface area contributed by atoms with Crippen LogP contribution in [0.1, 0.15) is 49.4 Å². The Balaban J connectivity index is 1.51. The summed E-state index contributed by atoms with van der Waals surface area (Å²) in [7, 11) is 0. The van der Waals surface area contributed by atoms with Gasteiger partial charge < -0.3 is 9.47 Å². The van der Waals surface area contributed by atoms with E-state index in [0.29, 0.717) is 18.4 Å². The molecule has 5 rings (SSSR count). The monoisotopic (exact) mass is 437 g/mol. The quantitative estimate of drug-likeness (QED) is 0.568. The number of aromatic nitrogens is 2. The van der Waals surface area contributed by atoms with Crippen molar-refractivity contribution in [1.82, 2.24) is 14.5 Å². The number of imidazole rings is 1. The van der Waals surface area contributed by atoms with Crippen LogP contribution in [0.5, 0.6) is 0 Å². The molecule has 1 unspecified atom stereocenters. The Morgan fingerprint density at radius 3 is 2.71 bits per heavy atom. The zero-order valence-electron chi connectivity index (χ0n) is 15.9. The predicted octanol–water partition coefficient (Wildman–Crippen LogP) is 5.11. The van der Waals surface area contributed by atoms with E-state index in [4.69, 9.17) is 4.98 Å². The van der Waals surface area contributed by atoms with Crippen molar-refractivity contribution in [2.24, 2.45) is 0 Å². The zero-order chi connectivity index (χ0) is 19.1. The molecule has 0 radical (unpaired) electrons. The Labute approximate surface area is 173 Å². The lowest BCUT2D eigenvalue weighted by molar-refractivity contribution is -0.129. The number of likely N-dealkylation sites (tertiary alicyclic amines) is 1. The van der Waals surface area contributed by atoms with Crippen LogP contribution in [0.25, 0.3) is 11.0 Å². The van der Waals surface area contributed by atoms with Gasteiger partial charge in [-0.3, -0.25) is 4.79 Å². The van der Waals surface area contributed by atoms with Crippen molar-refractivity contribution in [3.05, 3.63) is 64.4 Å².